The van der Waals surface area contributed by atoms with Crippen LogP contribution in [-0.2, 0) is 9.53 Å². The van der Waals surface area contributed by atoms with Crippen LogP contribution in [0.5, 0.6) is 5.75 Å². The van der Waals surface area contributed by atoms with E-state index in [0.717, 1.165) is 22.4 Å². The Hall–Kier alpha value is -3.52. The number of nitriles is 1. The van der Waals surface area contributed by atoms with Gasteiger partial charge in [0.1, 0.15) is 23.2 Å². The largest absolute Gasteiger partial charge is 0.496 e. The Morgan fingerprint density at radius 3 is 2.55 bits per heavy atom. The number of ether oxygens (including phenoxy) is 2. The van der Waals surface area contributed by atoms with E-state index in [-0.39, 0.29) is 23.2 Å². The lowest BCUT2D eigenvalue weighted by molar-refractivity contribution is -0.117. The van der Waals surface area contributed by atoms with E-state index in [9.17, 15) is 10.1 Å². The highest BCUT2D eigenvalue weighted by Gasteiger charge is 2.40. The smallest absolute Gasteiger partial charge is 0.205 e. The lowest BCUT2D eigenvalue weighted by Crippen LogP contribution is -2.29. The molecule has 2 N–H and O–H groups in total. The topological polar surface area (TPSA) is 85.3 Å². The zero-order chi connectivity index (χ0) is 20.5. The Morgan fingerprint density at radius 2 is 1.90 bits per heavy atom. The Balaban J connectivity index is 1.80. The third-order valence-corrected chi connectivity index (χ3v) is 5.68. The number of benzene rings is 2. The van der Waals surface area contributed by atoms with Crippen LogP contribution in [0, 0.1) is 18.3 Å². The van der Waals surface area contributed by atoms with Crippen LogP contribution in [0.2, 0.25) is 0 Å². The van der Waals surface area contributed by atoms with Crippen molar-refractivity contribution >= 4 is 5.78 Å². The molecule has 2 aromatic carbocycles. The molecule has 5 heteroatoms. The van der Waals surface area contributed by atoms with Crippen LogP contribution in [0.25, 0.3) is 0 Å². The van der Waals surface area contributed by atoms with Crippen molar-refractivity contribution in [3.05, 3.63) is 88.0 Å². The number of nitrogens with two attached hydrogens (primary N) is 1. The van der Waals surface area contributed by atoms with E-state index in [0.29, 0.717) is 24.2 Å². The predicted octanol–water partition coefficient (Wildman–Crippen LogP) is 4.21. The fourth-order valence-corrected chi connectivity index (χ4v) is 4.28. The molecule has 0 spiro atoms. The van der Waals surface area contributed by atoms with Gasteiger partial charge < -0.3 is 15.2 Å². The van der Waals surface area contributed by atoms with E-state index in [4.69, 9.17) is 15.2 Å². The Kier molecular flexibility index (Phi) is 4.85. The van der Waals surface area contributed by atoms with E-state index < -0.39 is 5.92 Å². The first-order chi connectivity index (χ1) is 14.0. The monoisotopic (exact) mass is 386 g/mol. The van der Waals surface area contributed by atoms with Crippen LogP contribution < -0.4 is 10.5 Å². The molecule has 5 nitrogen and oxygen atoms in total. The molecule has 4 rings (SSSR count). The summed E-state index contributed by atoms with van der Waals surface area (Å²) >= 11 is 0. The van der Waals surface area contributed by atoms with Crippen LogP contribution in [0.15, 0.2) is 71.3 Å². The number of allylic oxidation sites excluding steroid dienone is 3. The number of methoxy groups -OCH3 is 1. The van der Waals surface area contributed by atoms with Gasteiger partial charge in [0.15, 0.2) is 5.78 Å². The highest BCUT2D eigenvalue weighted by atomic mass is 16.5. The second-order valence-corrected chi connectivity index (χ2v) is 7.43. The molecule has 1 heterocycles. The first-order valence-electron chi connectivity index (χ1n) is 9.56. The van der Waals surface area contributed by atoms with Gasteiger partial charge in [-0.15, -0.1) is 0 Å². The number of rotatable bonds is 3. The van der Waals surface area contributed by atoms with Crippen molar-refractivity contribution in [2.75, 3.05) is 7.11 Å². The average Bonchev–Trinajstić information content (AvgIpc) is 2.73. The first-order valence-corrected chi connectivity index (χ1v) is 9.56. The molecule has 0 bridgehead atoms. The van der Waals surface area contributed by atoms with Gasteiger partial charge in [-0.3, -0.25) is 4.79 Å². The molecule has 146 valence electrons. The highest BCUT2D eigenvalue weighted by Crippen LogP contribution is 2.47. The fraction of sp³-hybridized carbons (Fsp3) is 0.250. The van der Waals surface area contributed by atoms with Gasteiger partial charge in [0.25, 0.3) is 0 Å². The second kappa shape index (κ2) is 7.48. The minimum Gasteiger partial charge on any atom is -0.496 e. The summed E-state index contributed by atoms with van der Waals surface area (Å²) in [5.74, 6) is 0.925. The van der Waals surface area contributed by atoms with Gasteiger partial charge in [-0.2, -0.15) is 5.26 Å². The zero-order valence-corrected chi connectivity index (χ0v) is 16.4. The lowest BCUT2D eigenvalue weighted by atomic mass is 9.73. The summed E-state index contributed by atoms with van der Waals surface area (Å²) < 4.78 is 11.2. The van der Waals surface area contributed by atoms with E-state index >= 15 is 0 Å². The van der Waals surface area contributed by atoms with Crippen molar-refractivity contribution < 1.29 is 14.3 Å². The average molecular weight is 386 g/mol. The molecule has 1 aliphatic heterocycles. The van der Waals surface area contributed by atoms with Gasteiger partial charge in [0.05, 0.1) is 13.0 Å². The van der Waals surface area contributed by atoms with Crippen molar-refractivity contribution in [1.29, 1.82) is 5.26 Å². The maximum absolute atomic E-state index is 13.2. The third-order valence-electron chi connectivity index (χ3n) is 5.68. The number of hydrogen-bond acceptors (Lipinski definition) is 5. The summed E-state index contributed by atoms with van der Waals surface area (Å²) in [6.45, 7) is 1.93. The standard InChI is InChI=1S/C24H22N2O3/c1-14-10-16(8-9-20(14)28-2)22-18(13-25)24(26)29-21-12-17(11-19(27)23(21)22)15-6-4-3-5-7-15/h3-10,17,22H,11-12,26H2,1-2H3/t17-,22-/m0/s1. The summed E-state index contributed by atoms with van der Waals surface area (Å²) in [5.41, 5.74) is 9.81. The summed E-state index contributed by atoms with van der Waals surface area (Å²) in [4.78, 5) is 13.2. The summed E-state index contributed by atoms with van der Waals surface area (Å²) in [7, 11) is 1.62. The second-order valence-electron chi connectivity index (χ2n) is 7.43. The number of carbonyl (C=O) groups excluding carboxylic acids is 1. The molecule has 2 aromatic rings. The Bertz CT molecular complexity index is 1080. The summed E-state index contributed by atoms with van der Waals surface area (Å²) in [6, 6.07) is 17.8. The normalized spacial score (nSPS) is 21.3. The lowest BCUT2D eigenvalue weighted by Gasteiger charge is -2.34. The molecule has 0 saturated heterocycles. The van der Waals surface area contributed by atoms with Gasteiger partial charge in [0.2, 0.25) is 5.88 Å². The third kappa shape index (κ3) is 3.27. The molecular weight excluding hydrogens is 364 g/mol. The fourth-order valence-electron chi connectivity index (χ4n) is 4.28. The molecular formula is C24H22N2O3. The number of nitrogens with zero attached hydrogens (tertiary/aromatic N) is 1. The van der Waals surface area contributed by atoms with Crippen molar-refractivity contribution in [3.8, 4) is 11.8 Å². The van der Waals surface area contributed by atoms with E-state index in [1.54, 1.807) is 7.11 Å². The maximum atomic E-state index is 13.2. The number of aryl methyl sites for hydroxylation is 1. The van der Waals surface area contributed by atoms with Gasteiger partial charge >= 0.3 is 0 Å². The summed E-state index contributed by atoms with van der Waals surface area (Å²) in [6.07, 6.45) is 0.965. The van der Waals surface area contributed by atoms with Crippen molar-refractivity contribution in [3.63, 3.8) is 0 Å². The molecule has 0 amide bonds. The van der Waals surface area contributed by atoms with E-state index in [2.05, 4.69) is 6.07 Å². The molecule has 2 aliphatic rings. The minimum atomic E-state index is -0.516. The maximum Gasteiger partial charge on any atom is 0.205 e. The van der Waals surface area contributed by atoms with Crippen LogP contribution >= 0.6 is 0 Å². The van der Waals surface area contributed by atoms with Crippen LogP contribution in [-0.4, -0.2) is 12.9 Å². The SMILES string of the molecule is COc1ccc([C@H]2C(C#N)=C(N)OC3=C2C(=O)C[C@H](c2ccccc2)C3)cc1C. The van der Waals surface area contributed by atoms with Gasteiger partial charge in [-0.05, 0) is 35.6 Å². The number of Topliss-reactive ketones (excluding diaryl/α,β-unsaturated/α-hetero) is 1. The quantitative estimate of drug-likeness (QED) is 0.854. The summed E-state index contributed by atoms with van der Waals surface area (Å²) in [5, 5.41) is 9.74. The molecule has 1 aliphatic carbocycles. The molecule has 0 unspecified atom stereocenters. The molecule has 0 saturated carbocycles. The van der Waals surface area contributed by atoms with Crippen molar-refractivity contribution in [1.82, 2.24) is 0 Å². The molecule has 0 radical (unpaired) electrons. The predicted molar refractivity (Wildman–Crippen MR) is 109 cm³/mol. The minimum absolute atomic E-state index is 0.00109. The van der Waals surface area contributed by atoms with Crippen molar-refractivity contribution in [2.45, 2.75) is 31.6 Å². The zero-order valence-electron chi connectivity index (χ0n) is 16.4. The highest BCUT2D eigenvalue weighted by molar-refractivity contribution is 6.00. The van der Waals surface area contributed by atoms with Gasteiger partial charge in [-0.25, -0.2) is 0 Å². The Labute approximate surface area is 170 Å². The first kappa shape index (κ1) is 18.8. The molecule has 0 aromatic heterocycles. The van der Waals surface area contributed by atoms with Gasteiger partial charge in [0, 0.05) is 18.4 Å². The number of hydrogen-bond donors (Lipinski definition) is 1. The van der Waals surface area contributed by atoms with E-state index in [1.807, 2.05) is 55.5 Å². The number of carbonyl (C=O) groups is 1. The van der Waals surface area contributed by atoms with Crippen molar-refractivity contribution in [2.24, 2.45) is 5.73 Å². The Morgan fingerprint density at radius 1 is 1.14 bits per heavy atom. The van der Waals surface area contributed by atoms with Gasteiger partial charge in [-0.1, -0.05) is 42.5 Å². The molecule has 0 fully saturated rings. The molecule has 29 heavy (non-hydrogen) atoms. The number of ketones is 1. The van der Waals surface area contributed by atoms with Crippen LogP contribution in [0.1, 0.15) is 41.4 Å². The van der Waals surface area contributed by atoms with E-state index in [1.165, 1.54) is 0 Å². The van der Waals surface area contributed by atoms with Crippen LogP contribution in [0.4, 0.5) is 0 Å². The molecule has 2 atom stereocenters. The van der Waals surface area contributed by atoms with Crippen LogP contribution in [0.3, 0.4) is 0 Å².